The van der Waals surface area contributed by atoms with E-state index in [9.17, 15) is 17.6 Å². The molecule has 1 amide bonds. The molecule has 146 valence electrons. The summed E-state index contributed by atoms with van der Waals surface area (Å²) in [4.78, 5) is 12.2. The van der Waals surface area contributed by atoms with Gasteiger partial charge in [0.25, 0.3) is 0 Å². The molecule has 0 aliphatic rings. The molecular formula is C20H25FN2O3S. The van der Waals surface area contributed by atoms with Gasteiger partial charge in [0.15, 0.2) is 0 Å². The van der Waals surface area contributed by atoms with E-state index < -0.39 is 10.0 Å². The van der Waals surface area contributed by atoms with E-state index in [1.165, 1.54) is 16.4 Å². The van der Waals surface area contributed by atoms with Crippen LogP contribution in [0.2, 0.25) is 0 Å². The molecule has 0 saturated heterocycles. The number of hydrogen-bond acceptors (Lipinski definition) is 3. The van der Waals surface area contributed by atoms with Crippen molar-refractivity contribution in [1.82, 2.24) is 9.62 Å². The maximum absolute atomic E-state index is 12.9. The maximum atomic E-state index is 12.9. The zero-order valence-electron chi connectivity index (χ0n) is 15.6. The average Bonchev–Trinajstić information content (AvgIpc) is 2.67. The van der Waals surface area contributed by atoms with E-state index in [0.29, 0.717) is 32.5 Å². The quantitative estimate of drug-likeness (QED) is 0.713. The summed E-state index contributed by atoms with van der Waals surface area (Å²) in [5, 5.41) is 2.81. The SMILES string of the molecule is CCN(CC)S(=O)(=O)c1ccc(CNC(=O)CCc2ccc(F)cc2)cc1. The molecule has 0 aromatic heterocycles. The number of carbonyl (C=O) groups excluding carboxylic acids is 1. The summed E-state index contributed by atoms with van der Waals surface area (Å²) >= 11 is 0. The fourth-order valence-corrected chi connectivity index (χ4v) is 4.15. The van der Waals surface area contributed by atoms with Crippen LogP contribution >= 0.6 is 0 Å². The van der Waals surface area contributed by atoms with Gasteiger partial charge in [-0.2, -0.15) is 4.31 Å². The summed E-state index contributed by atoms with van der Waals surface area (Å²) in [6, 6.07) is 12.6. The van der Waals surface area contributed by atoms with Crippen LogP contribution in [0.4, 0.5) is 4.39 Å². The fourth-order valence-electron chi connectivity index (χ4n) is 2.69. The molecule has 0 atom stereocenters. The van der Waals surface area contributed by atoms with Gasteiger partial charge in [0.2, 0.25) is 15.9 Å². The Morgan fingerprint density at radius 1 is 0.963 bits per heavy atom. The Morgan fingerprint density at radius 3 is 2.07 bits per heavy atom. The first kappa shape index (κ1) is 21.1. The lowest BCUT2D eigenvalue weighted by atomic mass is 10.1. The number of nitrogens with one attached hydrogen (secondary N) is 1. The van der Waals surface area contributed by atoms with Crippen LogP contribution in [0.25, 0.3) is 0 Å². The first-order valence-electron chi connectivity index (χ1n) is 8.97. The van der Waals surface area contributed by atoms with Crippen LogP contribution in [0.3, 0.4) is 0 Å². The van der Waals surface area contributed by atoms with Crippen LogP contribution in [-0.2, 0) is 27.8 Å². The topological polar surface area (TPSA) is 66.5 Å². The predicted molar refractivity (Wildman–Crippen MR) is 103 cm³/mol. The highest BCUT2D eigenvalue weighted by atomic mass is 32.2. The molecule has 2 aromatic rings. The minimum atomic E-state index is -3.47. The lowest BCUT2D eigenvalue weighted by Gasteiger charge is -2.18. The molecule has 7 heteroatoms. The van der Waals surface area contributed by atoms with E-state index in [2.05, 4.69) is 5.32 Å². The second-order valence-electron chi connectivity index (χ2n) is 6.14. The smallest absolute Gasteiger partial charge is 0.243 e. The van der Waals surface area contributed by atoms with Crippen LogP contribution in [-0.4, -0.2) is 31.7 Å². The van der Waals surface area contributed by atoms with E-state index in [1.807, 2.05) is 0 Å². The summed E-state index contributed by atoms with van der Waals surface area (Å²) in [5.41, 5.74) is 1.72. The molecule has 2 aromatic carbocycles. The van der Waals surface area contributed by atoms with Gasteiger partial charge in [-0.1, -0.05) is 38.1 Å². The number of nitrogens with zero attached hydrogens (tertiary/aromatic N) is 1. The van der Waals surface area contributed by atoms with Crippen molar-refractivity contribution in [2.75, 3.05) is 13.1 Å². The lowest BCUT2D eigenvalue weighted by Crippen LogP contribution is -2.30. The molecule has 0 fully saturated rings. The molecule has 0 radical (unpaired) electrons. The Balaban J connectivity index is 1.87. The van der Waals surface area contributed by atoms with Crippen molar-refractivity contribution >= 4 is 15.9 Å². The monoisotopic (exact) mass is 392 g/mol. The molecule has 0 saturated carbocycles. The highest BCUT2D eigenvalue weighted by molar-refractivity contribution is 7.89. The predicted octanol–water partition coefficient (Wildman–Crippen LogP) is 3.11. The van der Waals surface area contributed by atoms with E-state index in [0.717, 1.165) is 11.1 Å². The third-order valence-corrected chi connectivity index (χ3v) is 6.37. The van der Waals surface area contributed by atoms with Gasteiger partial charge in [-0.3, -0.25) is 4.79 Å². The van der Waals surface area contributed by atoms with Gasteiger partial charge < -0.3 is 5.32 Å². The van der Waals surface area contributed by atoms with Crippen LogP contribution in [0, 0.1) is 5.82 Å². The first-order valence-corrected chi connectivity index (χ1v) is 10.4. The summed E-state index contributed by atoms with van der Waals surface area (Å²) < 4.78 is 39.2. The highest BCUT2D eigenvalue weighted by Gasteiger charge is 2.21. The maximum Gasteiger partial charge on any atom is 0.243 e. The van der Waals surface area contributed by atoms with Crippen molar-refractivity contribution in [3.8, 4) is 0 Å². The van der Waals surface area contributed by atoms with Crippen molar-refractivity contribution in [2.24, 2.45) is 0 Å². The molecule has 0 heterocycles. The van der Waals surface area contributed by atoms with Gasteiger partial charge in [-0.05, 0) is 41.8 Å². The number of benzene rings is 2. The Labute approximate surface area is 160 Å². The third-order valence-electron chi connectivity index (χ3n) is 4.31. The van der Waals surface area contributed by atoms with Gasteiger partial charge in [-0.25, -0.2) is 12.8 Å². The van der Waals surface area contributed by atoms with Gasteiger partial charge >= 0.3 is 0 Å². The standard InChI is InChI=1S/C20H25FN2O3S/c1-3-23(4-2)27(25,26)19-12-7-17(8-13-19)15-22-20(24)14-9-16-5-10-18(21)11-6-16/h5-8,10-13H,3-4,9,14-15H2,1-2H3,(H,22,24). The zero-order valence-corrected chi connectivity index (χ0v) is 16.4. The number of aryl methyl sites for hydroxylation is 1. The van der Waals surface area contributed by atoms with Crippen LogP contribution in [0.15, 0.2) is 53.4 Å². The van der Waals surface area contributed by atoms with Crippen molar-refractivity contribution in [3.63, 3.8) is 0 Å². The second kappa shape index (κ2) is 9.62. The summed E-state index contributed by atoms with van der Waals surface area (Å²) in [6.07, 6.45) is 0.840. The van der Waals surface area contributed by atoms with Gasteiger partial charge in [0.05, 0.1) is 4.90 Å². The Hall–Kier alpha value is -2.25. The van der Waals surface area contributed by atoms with Crippen LogP contribution in [0.5, 0.6) is 0 Å². The Morgan fingerprint density at radius 2 is 1.52 bits per heavy atom. The normalized spacial score (nSPS) is 11.6. The third kappa shape index (κ3) is 5.87. The van der Waals surface area contributed by atoms with Crippen molar-refractivity contribution < 1.29 is 17.6 Å². The minimum Gasteiger partial charge on any atom is -0.352 e. The molecule has 1 N–H and O–H groups in total. The number of amides is 1. The summed E-state index contributed by atoms with van der Waals surface area (Å²) in [6.45, 7) is 4.77. The number of halogens is 1. The molecule has 2 rings (SSSR count). The summed E-state index contributed by atoms with van der Waals surface area (Å²) in [7, 11) is -3.47. The molecule has 27 heavy (non-hydrogen) atoms. The number of carbonyl (C=O) groups is 1. The van der Waals surface area contributed by atoms with Crippen LogP contribution < -0.4 is 5.32 Å². The fraction of sp³-hybridized carbons (Fsp3) is 0.350. The molecule has 0 bridgehead atoms. The van der Waals surface area contributed by atoms with Gasteiger partial charge in [-0.15, -0.1) is 0 Å². The van der Waals surface area contributed by atoms with Gasteiger partial charge in [0, 0.05) is 26.1 Å². The summed E-state index contributed by atoms with van der Waals surface area (Å²) in [5.74, 6) is -0.408. The Bertz CT molecular complexity index is 846. The number of sulfonamides is 1. The molecule has 0 spiro atoms. The van der Waals surface area contributed by atoms with Crippen molar-refractivity contribution in [3.05, 3.63) is 65.5 Å². The average molecular weight is 392 g/mol. The number of hydrogen-bond donors (Lipinski definition) is 1. The molecule has 0 unspecified atom stereocenters. The molecule has 0 aliphatic carbocycles. The van der Waals surface area contributed by atoms with E-state index >= 15 is 0 Å². The molecular weight excluding hydrogens is 367 g/mol. The zero-order chi connectivity index (χ0) is 19.9. The van der Waals surface area contributed by atoms with E-state index in [-0.39, 0.29) is 16.6 Å². The lowest BCUT2D eigenvalue weighted by molar-refractivity contribution is -0.121. The second-order valence-corrected chi connectivity index (χ2v) is 8.07. The van der Waals surface area contributed by atoms with Gasteiger partial charge in [0.1, 0.15) is 5.82 Å². The molecule has 5 nitrogen and oxygen atoms in total. The largest absolute Gasteiger partial charge is 0.352 e. The number of rotatable bonds is 9. The highest BCUT2D eigenvalue weighted by Crippen LogP contribution is 2.16. The first-order chi connectivity index (χ1) is 12.9. The van der Waals surface area contributed by atoms with Crippen molar-refractivity contribution in [1.29, 1.82) is 0 Å². The molecule has 0 aliphatic heterocycles. The Kier molecular flexibility index (Phi) is 7.50. The van der Waals surface area contributed by atoms with Crippen LogP contribution in [0.1, 0.15) is 31.4 Å². The van der Waals surface area contributed by atoms with E-state index in [1.54, 1.807) is 50.2 Å². The van der Waals surface area contributed by atoms with E-state index in [4.69, 9.17) is 0 Å². The van der Waals surface area contributed by atoms with Crippen molar-refractivity contribution in [2.45, 2.75) is 38.1 Å². The minimum absolute atomic E-state index is 0.112.